The van der Waals surface area contributed by atoms with Gasteiger partial charge in [-0.05, 0) is 42.1 Å². The van der Waals surface area contributed by atoms with E-state index in [1.165, 1.54) is 16.4 Å². The molecule has 0 saturated heterocycles. The van der Waals surface area contributed by atoms with E-state index in [9.17, 15) is 0 Å². The number of nitrogens with zero attached hydrogens (tertiary/aromatic N) is 3. The number of hydrogen-bond acceptors (Lipinski definition) is 7. The van der Waals surface area contributed by atoms with Crippen molar-refractivity contribution in [3.8, 4) is 22.2 Å². The first-order valence-corrected chi connectivity index (χ1v) is 9.87. The lowest BCUT2D eigenvalue weighted by Crippen LogP contribution is -2.12. The second-order valence-electron chi connectivity index (χ2n) is 5.17. The Labute approximate surface area is 154 Å². The lowest BCUT2D eigenvalue weighted by Gasteiger charge is -2.08. The predicted octanol–water partition coefficient (Wildman–Crippen LogP) is 3.68. The van der Waals surface area contributed by atoms with Crippen LogP contribution in [-0.4, -0.2) is 33.8 Å². The van der Waals surface area contributed by atoms with Gasteiger partial charge in [0.1, 0.15) is 11.5 Å². The van der Waals surface area contributed by atoms with E-state index in [4.69, 9.17) is 15.3 Å². The fourth-order valence-corrected chi connectivity index (χ4v) is 3.47. The van der Waals surface area contributed by atoms with Crippen LogP contribution in [-0.2, 0) is 0 Å². The smallest absolute Gasteiger partial charge is 0.210 e. The van der Waals surface area contributed by atoms with Gasteiger partial charge >= 0.3 is 0 Å². The van der Waals surface area contributed by atoms with Crippen LogP contribution >= 0.6 is 23.1 Å². The van der Waals surface area contributed by atoms with Crippen molar-refractivity contribution in [2.75, 3.05) is 24.8 Å². The number of benzene rings is 1. The van der Waals surface area contributed by atoms with Gasteiger partial charge < -0.3 is 15.3 Å². The summed E-state index contributed by atoms with van der Waals surface area (Å²) < 4.78 is 12.8. The molecule has 0 atom stereocenters. The highest BCUT2D eigenvalue weighted by atomic mass is 32.2. The van der Waals surface area contributed by atoms with Crippen LogP contribution in [0.15, 0.2) is 46.9 Å². The van der Waals surface area contributed by atoms with Crippen LogP contribution in [0.1, 0.15) is 13.3 Å². The van der Waals surface area contributed by atoms with Crippen molar-refractivity contribution in [2.24, 2.45) is 0 Å². The molecule has 0 aliphatic heterocycles. The maximum Gasteiger partial charge on any atom is 0.210 e. The fourth-order valence-electron chi connectivity index (χ4n) is 2.09. The summed E-state index contributed by atoms with van der Waals surface area (Å²) in [5, 5.41) is 11.0. The van der Waals surface area contributed by atoms with E-state index in [1.54, 1.807) is 11.3 Å². The van der Waals surface area contributed by atoms with Gasteiger partial charge in [-0.15, -0.1) is 21.5 Å². The SMILES string of the molecule is CCCOc1ccc(OCCSc2nnc(-c3cccs3)n2N)cc1. The van der Waals surface area contributed by atoms with Crippen molar-refractivity contribution < 1.29 is 9.47 Å². The molecule has 0 bridgehead atoms. The highest BCUT2D eigenvalue weighted by molar-refractivity contribution is 7.99. The topological polar surface area (TPSA) is 75.2 Å². The van der Waals surface area contributed by atoms with Crippen LogP contribution in [0.25, 0.3) is 10.7 Å². The quantitative estimate of drug-likeness (QED) is 0.349. The van der Waals surface area contributed by atoms with Crippen molar-refractivity contribution in [1.29, 1.82) is 0 Å². The van der Waals surface area contributed by atoms with Crippen LogP contribution in [0.4, 0.5) is 0 Å². The Balaban J connectivity index is 1.46. The van der Waals surface area contributed by atoms with Gasteiger partial charge in [0.25, 0.3) is 0 Å². The molecule has 2 aromatic heterocycles. The third kappa shape index (κ3) is 4.67. The molecule has 6 nitrogen and oxygen atoms in total. The van der Waals surface area contributed by atoms with Crippen LogP contribution < -0.4 is 15.3 Å². The summed E-state index contributed by atoms with van der Waals surface area (Å²) in [5.41, 5.74) is 0. The summed E-state index contributed by atoms with van der Waals surface area (Å²) in [4.78, 5) is 1.00. The Bertz CT molecular complexity index is 773. The highest BCUT2D eigenvalue weighted by Crippen LogP contribution is 2.25. The van der Waals surface area contributed by atoms with Gasteiger partial charge in [0.15, 0.2) is 5.82 Å². The van der Waals surface area contributed by atoms with Crippen molar-refractivity contribution in [3.63, 3.8) is 0 Å². The molecule has 2 N–H and O–H groups in total. The van der Waals surface area contributed by atoms with E-state index in [0.29, 0.717) is 17.6 Å². The second kappa shape index (κ2) is 8.77. The molecule has 0 amide bonds. The van der Waals surface area contributed by atoms with E-state index in [-0.39, 0.29) is 0 Å². The zero-order valence-corrected chi connectivity index (χ0v) is 15.6. The first-order chi connectivity index (χ1) is 12.3. The Kier molecular flexibility index (Phi) is 6.19. The van der Waals surface area contributed by atoms with E-state index >= 15 is 0 Å². The average Bonchev–Trinajstić information content (AvgIpc) is 3.28. The maximum atomic E-state index is 6.07. The molecule has 0 aliphatic carbocycles. The number of hydrogen-bond donors (Lipinski definition) is 1. The molecular weight excluding hydrogens is 356 g/mol. The molecule has 25 heavy (non-hydrogen) atoms. The van der Waals surface area contributed by atoms with E-state index in [2.05, 4.69) is 17.1 Å². The third-order valence-electron chi connectivity index (χ3n) is 3.29. The van der Waals surface area contributed by atoms with E-state index in [0.717, 1.165) is 35.2 Å². The van der Waals surface area contributed by atoms with Crippen LogP contribution in [0.3, 0.4) is 0 Å². The Hall–Kier alpha value is -2.19. The summed E-state index contributed by atoms with van der Waals surface area (Å²) in [6, 6.07) is 11.6. The number of nitrogens with two attached hydrogens (primary N) is 1. The summed E-state index contributed by atoms with van der Waals surface area (Å²) in [6.45, 7) is 3.37. The van der Waals surface area contributed by atoms with Crippen LogP contribution in [0, 0.1) is 0 Å². The minimum atomic E-state index is 0.557. The maximum absolute atomic E-state index is 6.07. The van der Waals surface area contributed by atoms with Gasteiger partial charge in [0.05, 0.1) is 18.1 Å². The molecule has 0 spiro atoms. The Morgan fingerprint density at radius 1 is 1.08 bits per heavy atom. The Morgan fingerprint density at radius 2 is 1.80 bits per heavy atom. The standard InChI is InChI=1S/C17H20N4O2S2/c1-2-9-22-13-5-7-14(8-6-13)23-10-12-25-17-20-19-16(21(17)18)15-4-3-11-24-15/h3-8,11H,2,9-10,12,18H2,1H3. The lowest BCUT2D eigenvalue weighted by molar-refractivity contribution is 0.314. The van der Waals surface area contributed by atoms with Crippen molar-refractivity contribution in [1.82, 2.24) is 14.9 Å². The van der Waals surface area contributed by atoms with Crippen molar-refractivity contribution >= 4 is 23.1 Å². The number of nitrogen functional groups attached to an aromatic ring is 1. The molecule has 3 aromatic rings. The summed E-state index contributed by atoms with van der Waals surface area (Å²) in [5.74, 6) is 9.16. The first kappa shape index (κ1) is 17.6. The second-order valence-corrected chi connectivity index (χ2v) is 7.18. The monoisotopic (exact) mass is 376 g/mol. The van der Waals surface area contributed by atoms with Gasteiger partial charge in [-0.2, -0.15) is 0 Å². The number of aromatic nitrogens is 3. The first-order valence-electron chi connectivity index (χ1n) is 8.00. The average molecular weight is 377 g/mol. The number of thioether (sulfide) groups is 1. The summed E-state index contributed by atoms with van der Waals surface area (Å²) in [7, 11) is 0. The van der Waals surface area contributed by atoms with Crippen LogP contribution in [0.2, 0.25) is 0 Å². The van der Waals surface area contributed by atoms with Gasteiger partial charge in [-0.3, -0.25) is 0 Å². The molecule has 0 unspecified atom stereocenters. The highest BCUT2D eigenvalue weighted by Gasteiger charge is 2.12. The molecule has 8 heteroatoms. The van der Waals surface area contributed by atoms with Gasteiger partial charge in [0, 0.05) is 5.75 Å². The number of ether oxygens (including phenoxy) is 2. The largest absolute Gasteiger partial charge is 0.494 e. The van der Waals surface area contributed by atoms with E-state index < -0.39 is 0 Å². The molecule has 0 saturated carbocycles. The van der Waals surface area contributed by atoms with Crippen LogP contribution in [0.5, 0.6) is 11.5 Å². The summed E-state index contributed by atoms with van der Waals surface area (Å²) >= 11 is 3.11. The van der Waals surface area contributed by atoms with E-state index in [1.807, 2.05) is 41.8 Å². The van der Waals surface area contributed by atoms with Gasteiger partial charge in [-0.1, -0.05) is 24.8 Å². The van der Waals surface area contributed by atoms with Gasteiger partial charge in [-0.25, -0.2) is 4.68 Å². The van der Waals surface area contributed by atoms with Crippen molar-refractivity contribution in [2.45, 2.75) is 18.5 Å². The zero-order valence-electron chi connectivity index (χ0n) is 13.9. The minimum absolute atomic E-state index is 0.557. The fraction of sp³-hybridized carbons (Fsp3) is 0.294. The Morgan fingerprint density at radius 3 is 2.44 bits per heavy atom. The number of rotatable bonds is 9. The number of thiophene rings is 1. The zero-order chi connectivity index (χ0) is 17.5. The summed E-state index contributed by atoms with van der Waals surface area (Å²) in [6.07, 6.45) is 0.995. The molecule has 0 radical (unpaired) electrons. The third-order valence-corrected chi connectivity index (χ3v) is 5.06. The molecule has 0 aliphatic rings. The molecule has 132 valence electrons. The molecule has 0 fully saturated rings. The minimum Gasteiger partial charge on any atom is -0.494 e. The predicted molar refractivity (Wildman–Crippen MR) is 102 cm³/mol. The molecule has 1 aromatic carbocycles. The van der Waals surface area contributed by atoms with Crippen molar-refractivity contribution in [3.05, 3.63) is 41.8 Å². The molecular formula is C17H20N4O2S2. The normalized spacial score (nSPS) is 10.8. The lowest BCUT2D eigenvalue weighted by atomic mass is 10.3. The molecule has 2 heterocycles. The van der Waals surface area contributed by atoms with Gasteiger partial charge in [0.2, 0.25) is 5.16 Å². The molecule has 3 rings (SSSR count).